The van der Waals surface area contributed by atoms with Crippen LogP contribution in [-0.2, 0) is 9.53 Å². The zero-order valence-corrected chi connectivity index (χ0v) is 11.7. The van der Waals surface area contributed by atoms with Crippen LogP contribution in [0.25, 0.3) is 11.3 Å². The molecule has 0 bridgehead atoms. The topological polar surface area (TPSA) is 77.8 Å². The Bertz CT molecular complexity index is 647. The highest BCUT2D eigenvalue weighted by Gasteiger charge is 2.13. The van der Waals surface area contributed by atoms with Crippen LogP contribution in [0.3, 0.4) is 0 Å². The van der Waals surface area contributed by atoms with Crippen molar-refractivity contribution in [2.45, 2.75) is 0 Å². The van der Waals surface area contributed by atoms with Crippen molar-refractivity contribution in [1.29, 1.82) is 0 Å². The molecule has 0 aliphatic rings. The first-order valence-corrected chi connectivity index (χ1v) is 6.20. The van der Waals surface area contributed by atoms with E-state index in [0.29, 0.717) is 29.0 Å². The zero-order chi connectivity index (χ0) is 15.2. The number of benzene rings is 1. The van der Waals surface area contributed by atoms with Crippen molar-refractivity contribution in [2.24, 2.45) is 0 Å². The molecule has 0 saturated heterocycles. The van der Waals surface area contributed by atoms with Crippen molar-refractivity contribution in [3.05, 3.63) is 36.1 Å². The number of furan rings is 1. The van der Waals surface area contributed by atoms with Crippen LogP contribution < -0.4 is 10.1 Å². The molecular weight excluding hydrogens is 274 g/mol. The molecule has 1 N–H and O–H groups in total. The van der Waals surface area contributed by atoms with Gasteiger partial charge in [0.2, 0.25) is 5.91 Å². The summed E-state index contributed by atoms with van der Waals surface area (Å²) in [7, 11) is 2.98. The number of hydrogen-bond acceptors (Lipinski definition) is 5. The fraction of sp³-hybridized carbons (Fsp3) is 0.200. The summed E-state index contributed by atoms with van der Waals surface area (Å²) in [6.07, 6.45) is 0.618. The summed E-state index contributed by atoms with van der Waals surface area (Å²) < 4.78 is 15.3. The van der Waals surface area contributed by atoms with Crippen molar-refractivity contribution >= 4 is 17.9 Å². The van der Waals surface area contributed by atoms with E-state index in [4.69, 9.17) is 13.9 Å². The number of hydrogen-bond donors (Lipinski definition) is 1. The van der Waals surface area contributed by atoms with Crippen LogP contribution >= 0.6 is 0 Å². The lowest BCUT2D eigenvalue weighted by atomic mass is 10.1. The van der Waals surface area contributed by atoms with Crippen LogP contribution in [0.4, 0.5) is 5.69 Å². The predicted molar refractivity (Wildman–Crippen MR) is 76.6 cm³/mol. The Hall–Kier alpha value is -2.60. The summed E-state index contributed by atoms with van der Waals surface area (Å²) in [5.74, 6) is 0.996. The second kappa shape index (κ2) is 6.71. The average molecular weight is 289 g/mol. The Morgan fingerprint density at radius 2 is 2.10 bits per heavy atom. The van der Waals surface area contributed by atoms with Gasteiger partial charge in [-0.2, -0.15) is 0 Å². The SMILES string of the molecule is COCC(=O)Nc1ccc(OC)cc1-c1ccc(C=O)o1. The van der Waals surface area contributed by atoms with Crippen molar-refractivity contribution in [3.63, 3.8) is 0 Å². The highest BCUT2D eigenvalue weighted by Crippen LogP contribution is 2.32. The van der Waals surface area contributed by atoms with Crippen LogP contribution in [0.15, 0.2) is 34.7 Å². The largest absolute Gasteiger partial charge is 0.497 e. The fourth-order valence-corrected chi connectivity index (χ4v) is 1.84. The molecule has 6 nitrogen and oxygen atoms in total. The van der Waals surface area contributed by atoms with Gasteiger partial charge in [0.05, 0.1) is 12.8 Å². The minimum Gasteiger partial charge on any atom is -0.497 e. The first-order valence-electron chi connectivity index (χ1n) is 6.20. The predicted octanol–water partition coefficient (Wildman–Crippen LogP) is 2.35. The molecule has 0 aliphatic carbocycles. The third-order valence-electron chi connectivity index (χ3n) is 2.78. The Balaban J connectivity index is 2.39. The molecule has 1 heterocycles. The smallest absolute Gasteiger partial charge is 0.250 e. The van der Waals surface area contributed by atoms with E-state index < -0.39 is 0 Å². The summed E-state index contributed by atoms with van der Waals surface area (Å²) in [6, 6.07) is 8.35. The lowest BCUT2D eigenvalue weighted by Crippen LogP contribution is -2.17. The van der Waals surface area contributed by atoms with E-state index in [1.807, 2.05) is 0 Å². The molecule has 2 rings (SSSR count). The van der Waals surface area contributed by atoms with E-state index in [1.165, 1.54) is 7.11 Å². The van der Waals surface area contributed by atoms with Crippen molar-refractivity contribution in [3.8, 4) is 17.1 Å². The summed E-state index contributed by atoms with van der Waals surface area (Å²) in [5.41, 5.74) is 1.16. The number of rotatable bonds is 6. The molecule has 1 aromatic heterocycles. The maximum Gasteiger partial charge on any atom is 0.250 e. The minimum absolute atomic E-state index is 0.0524. The Morgan fingerprint density at radius 1 is 1.29 bits per heavy atom. The van der Waals surface area contributed by atoms with Gasteiger partial charge in [-0.15, -0.1) is 0 Å². The van der Waals surface area contributed by atoms with Gasteiger partial charge in [0.1, 0.15) is 18.1 Å². The maximum atomic E-state index is 11.7. The number of ether oxygens (including phenoxy) is 2. The number of nitrogens with one attached hydrogen (secondary N) is 1. The first-order chi connectivity index (χ1) is 10.2. The summed E-state index contributed by atoms with van der Waals surface area (Å²) in [5, 5.41) is 2.72. The number of amides is 1. The zero-order valence-electron chi connectivity index (χ0n) is 11.7. The summed E-state index contributed by atoms with van der Waals surface area (Å²) in [6.45, 7) is -0.0524. The van der Waals surface area contributed by atoms with E-state index >= 15 is 0 Å². The molecule has 0 fully saturated rings. The average Bonchev–Trinajstić information content (AvgIpc) is 2.96. The van der Waals surface area contributed by atoms with Gasteiger partial charge in [0, 0.05) is 12.7 Å². The summed E-state index contributed by atoms with van der Waals surface area (Å²) in [4.78, 5) is 22.4. The third-order valence-corrected chi connectivity index (χ3v) is 2.78. The van der Waals surface area contributed by atoms with Crippen molar-refractivity contribution in [2.75, 3.05) is 26.1 Å². The molecule has 110 valence electrons. The van der Waals surface area contributed by atoms with E-state index in [1.54, 1.807) is 37.4 Å². The van der Waals surface area contributed by atoms with Gasteiger partial charge < -0.3 is 19.2 Å². The van der Waals surface area contributed by atoms with E-state index in [0.717, 1.165) is 0 Å². The van der Waals surface area contributed by atoms with Gasteiger partial charge in [-0.25, -0.2) is 0 Å². The van der Waals surface area contributed by atoms with Gasteiger partial charge >= 0.3 is 0 Å². The summed E-state index contributed by atoms with van der Waals surface area (Å²) >= 11 is 0. The Morgan fingerprint density at radius 3 is 2.71 bits per heavy atom. The quantitative estimate of drug-likeness (QED) is 0.826. The number of anilines is 1. The van der Waals surface area contributed by atoms with Gasteiger partial charge in [0.25, 0.3) is 0 Å². The lowest BCUT2D eigenvalue weighted by molar-refractivity contribution is -0.119. The van der Waals surface area contributed by atoms with Crippen molar-refractivity contribution in [1.82, 2.24) is 0 Å². The molecular formula is C15H15NO5. The number of carbonyl (C=O) groups is 2. The monoisotopic (exact) mass is 289 g/mol. The van der Waals surface area contributed by atoms with Crippen LogP contribution in [0, 0.1) is 0 Å². The van der Waals surface area contributed by atoms with Crippen LogP contribution in [0.5, 0.6) is 5.75 Å². The Kier molecular flexibility index (Phi) is 4.73. The molecule has 1 amide bonds. The fourth-order valence-electron chi connectivity index (χ4n) is 1.84. The first kappa shape index (κ1) is 14.8. The van der Waals surface area contributed by atoms with Gasteiger partial charge in [-0.05, 0) is 30.3 Å². The second-order valence-corrected chi connectivity index (χ2v) is 4.21. The molecule has 0 saturated carbocycles. The van der Waals surface area contributed by atoms with E-state index in [9.17, 15) is 9.59 Å². The molecule has 0 unspecified atom stereocenters. The highest BCUT2D eigenvalue weighted by atomic mass is 16.5. The molecule has 2 aromatic rings. The van der Waals surface area contributed by atoms with Gasteiger partial charge in [-0.3, -0.25) is 9.59 Å². The molecule has 0 atom stereocenters. The van der Waals surface area contributed by atoms with Crippen molar-refractivity contribution < 1.29 is 23.5 Å². The van der Waals surface area contributed by atoms with Crippen LogP contribution in [0.2, 0.25) is 0 Å². The lowest BCUT2D eigenvalue weighted by Gasteiger charge is -2.11. The molecule has 0 spiro atoms. The maximum absolute atomic E-state index is 11.7. The van der Waals surface area contributed by atoms with Crippen LogP contribution in [0.1, 0.15) is 10.6 Å². The van der Waals surface area contributed by atoms with E-state index in [-0.39, 0.29) is 18.3 Å². The Labute approximate surface area is 121 Å². The molecule has 0 radical (unpaired) electrons. The minimum atomic E-state index is -0.286. The number of methoxy groups -OCH3 is 2. The number of carbonyl (C=O) groups excluding carboxylic acids is 2. The second-order valence-electron chi connectivity index (χ2n) is 4.21. The molecule has 1 aromatic carbocycles. The normalized spacial score (nSPS) is 10.2. The highest BCUT2D eigenvalue weighted by molar-refractivity contribution is 5.96. The molecule has 21 heavy (non-hydrogen) atoms. The molecule has 0 aliphatic heterocycles. The van der Waals surface area contributed by atoms with Crippen LogP contribution in [-0.4, -0.2) is 33.0 Å². The third kappa shape index (κ3) is 3.49. The van der Waals surface area contributed by atoms with Gasteiger partial charge in [0.15, 0.2) is 12.0 Å². The van der Waals surface area contributed by atoms with Gasteiger partial charge in [-0.1, -0.05) is 0 Å². The standard InChI is InChI=1S/C15H15NO5/c1-19-9-15(18)16-13-5-3-10(20-2)7-12(13)14-6-4-11(8-17)21-14/h3-8H,9H2,1-2H3,(H,16,18). The number of aldehydes is 1. The van der Waals surface area contributed by atoms with E-state index in [2.05, 4.69) is 5.32 Å². The molecule has 6 heteroatoms.